The average molecular weight is 381 g/mol. The van der Waals surface area contributed by atoms with Crippen molar-refractivity contribution in [3.05, 3.63) is 33.3 Å². The number of nitrogens with one attached hydrogen (secondary N) is 1. The van der Waals surface area contributed by atoms with E-state index in [1.54, 1.807) is 0 Å². The number of sulfone groups is 1. The van der Waals surface area contributed by atoms with Gasteiger partial charge in [0.05, 0.1) is 11.5 Å². The highest BCUT2D eigenvalue weighted by Crippen LogP contribution is 2.35. The molecule has 2 rings (SSSR count). The van der Waals surface area contributed by atoms with E-state index in [0.29, 0.717) is 11.4 Å². The van der Waals surface area contributed by atoms with E-state index < -0.39 is 9.84 Å². The molecule has 0 radical (unpaired) electrons. The number of rotatable bonds is 5. The van der Waals surface area contributed by atoms with Crippen LogP contribution in [0.1, 0.15) is 31.4 Å². The lowest BCUT2D eigenvalue weighted by Crippen LogP contribution is -2.30. The normalized spacial score (nSPS) is 22.9. The van der Waals surface area contributed by atoms with Crippen LogP contribution in [0.25, 0.3) is 0 Å². The Kier molecular flexibility index (Phi) is 5.51. The van der Waals surface area contributed by atoms with Crippen molar-refractivity contribution in [3.8, 4) is 0 Å². The van der Waals surface area contributed by atoms with E-state index in [-0.39, 0.29) is 23.5 Å². The fourth-order valence-corrected chi connectivity index (χ4v) is 5.30. The van der Waals surface area contributed by atoms with Crippen molar-refractivity contribution >= 4 is 37.4 Å². The zero-order valence-electron chi connectivity index (χ0n) is 11.4. The predicted molar refractivity (Wildman–Crippen MR) is 86.9 cm³/mol. The molecule has 1 N–H and O–H groups in total. The first-order chi connectivity index (χ1) is 9.43. The van der Waals surface area contributed by atoms with Gasteiger partial charge >= 0.3 is 0 Å². The van der Waals surface area contributed by atoms with Crippen LogP contribution in [0.5, 0.6) is 0 Å². The van der Waals surface area contributed by atoms with Crippen LogP contribution in [0.2, 0.25) is 5.02 Å². The van der Waals surface area contributed by atoms with E-state index in [1.807, 2.05) is 18.2 Å². The van der Waals surface area contributed by atoms with E-state index in [2.05, 4.69) is 28.2 Å². The summed E-state index contributed by atoms with van der Waals surface area (Å²) in [7, 11) is -2.89. The molecule has 20 heavy (non-hydrogen) atoms. The Labute approximate surface area is 134 Å². The number of benzene rings is 1. The van der Waals surface area contributed by atoms with E-state index in [1.165, 1.54) is 0 Å². The lowest BCUT2D eigenvalue weighted by atomic mass is 9.92. The van der Waals surface area contributed by atoms with Crippen LogP contribution >= 0.6 is 27.5 Å². The predicted octanol–water partition coefficient (Wildman–Crippen LogP) is 3.58. The molecule has 2 unspecified atom stereocenters. The van der Waals surface area contributed by atoms with Gasteiger partial charge in [0.1, 0.15) is 0 Å². The highest BCUT2D eigenvalue weighted by molar-refractivity contribution is 9.10. The highest BCUT2D eigenvalue weighted by atomic mass is 79.9. The van der Waals surface area contributed by atoms with Crippen LogP contribution < -0.4 is 5.32 Å². The lowest BCUT2D eigenvalue weighted by molar-refractivity contribution is 0.393. The third kappa shape index (κ3) is 3.97. The number of halogens is 2. The highest BCUT2D eigenvalue weighted by Gasteiger charge is 2.34. The van der Waals surface area contributed by atoms with Crippen molar-refractivity contribution in [2.45, 2.75) is 25.8 Å². The Morgan fingerprint density at radius 1 is 1.50 bits per heavy atom. The molecule has 0 aromatic heterocycles. The van der Waals surface area contributed by atoms with Gasteiger partial charge in [-0.1, -0.05) is 40.5 Å². The molecule has 0 amide bonds. The maximum Gasteiger partial charge on any atom is 0.150 e. The summed E-state index contributed by atoms with van der Waals surface area (Å²) in [4.78, 5) is 0. The molecule has 2 atom stereocenters. The number of hydrogen-bond donors (Lipinski definition) is 1. The molecular formula is C14H19BrClNO2S. The maximum atomic E-state index is 11.7. The summed E-state index contributed by atoms with van der Waals surface area (Å²) in [6.07, 6.45) is 1.71. The molecule has 0 saturated carbocycles. The zero-order chi connectivity index (χ0) is 14.8. The smallest absolute Gasteiger partial charge is 0.150 e. The summed E-state index contributed by atoms with van der Waals surface area (Å²) in [5.41, 5.74) is 0.991. The van der Waals surface area contributed by atoms with Crippen molar-refractivity contribution in [2.75, 3.05) is 18.1 Å². The first-order valence-corrected chi connectivity index (χ1v) is 9.81. The molecule has 1 fully saturated rings. The summed E-state index contributed by atoms with van der Waals surface area (Å²) in [5.74, 6) is 0.641. The minimum absolute atomic E-state index is 0.00725. The SMILES string of the molecule is CCCNC(c1ccc(Br)cc1Cl)C1CCS(=O)(=O)C1. The molecule has 1 saturated heterocycles. The van der Waals surface area contributed by atoms with Gasteiger partial charge in [0.25, 0.3) is 0 Å². The van der Waals surface area contributed by atoms with Gasteiger partial charge in [-0.15, -0.1) is 0 Å². The Hall–Kier alpha value is -0.100. The van der Waals surface area contributed by atoms with E-state index in [9.17, 15) is 8.42 Å². The Bertz CT molecular complexity index is 577. The van der Waals surface area contributed by atoms with E-state index >= 15 is 0 Å². The molecule has 1 aliphatic rings. The molecule has 0 bridgehead atoms. The molecule has 6 heteroatoms. The van der Waals surface area contributed by atoms with Crippen LogP contribution in [0.15, 0.2) is 22.7 Å². The molecule has 1 aromatic carbocycles. The van der Waals surface area contributed by atoms with Crippen LogP contribution in [0, 0.1) is 5.92 Å². The number of hydrogen-bond acceptors (Lipinski definition) is 3. The first kappa shape index (κ1) is 16.3. The second-order valence-corrected chi connectivity index (χ2v) is 8.81. The molecule has 0 aliphatic carbocycles. The van der Waals surface area contributed by atoms with Crippen molar-refractivity contribution in [1.82, 2.24) is 5.32 Å². The molecular weight excluding hydrogens is 362 g/mol. The van der Waals surface area contributed by atoms with Crippen molar-refractivity contribution < 1.29 is 8.42 Å². The molecule has 0 spiro atoms. The molecule has 1 heterocycles. The van der Waals surface area contributed by atoms with Gasteiger partial charge < -0.3 is 5.32 Å². The Balaban J connectivity index is 2.27. The summed E-state index contributed by atoms with van der Waals surface area (Å²) in [6.45, 7) is 2.95. The van der Waals surface area contributed by atoms with Crippen molar-refractivity contribution in [1.29, 1.82) is 0 Å². The minimum atomic E-state index is -2.89. The second-order valence-electron chi connectivity index (χ2n) is 5.26. The zero-order valence-corrected chi connectivity index (χ0v) is 14.6. The topological polar surface area (TPSA) is 46.2 Å². The van der Waals surface area contributed by atoms with Gasteiger partial charge in [0.2, 0.25) is 0 Å². The Morgan fingerprint density at radius 2 is 2.25 bits per heavy atom. The van der Waals surface area contributed by atoms with Crippen LogP contribution in [-0.4, -0.2) is 26.5 Å². The van der Waals surface area contributed by atoms with E-state index in [0.717, 1.165) is 23.0 Å². The second kappa shape index (κ2) is 6.77. The van der Waals surface area contributed by atoms with Gasteiger partial charge in [-0.05, 0) is 43.0 Å². The van der Waals surface area contributed by atoms with Crippen LogP contribution in [-0.2, 0) is 9.84 Å². The molecule has 3 nitrogen and oxygen atoms in total. The Morgan fingerprint density at radius 3 is 2.80 bits per heavy atom. The molecule has 1 aliphatic heterocycles. The van der Waals surface area contributed by atoms with Crippen LogP contribution in [0.4, 0.5) is 0 Å². The standard InChI is InChI=1S/C14H19BrClNO2S/c1-2-6-17-14(10-5-7-20(18,19)9-10)12-4-3-11(15)8-13(12)16/h3-4,8,10,14,17H,2,5-7,9H2,1H3. The van der Waals surface area contributed by atoms with Crippen LogP contribution in [0.3, 0.4) is 0 Å². The fraction of sp³-hybridized carbons (Fsp3) is 0.571. The van der Waals surface area contributed by atoms with Gasteiger partial charge in [0, 0.05) is 15.5 Å². The monoisotopic (exact) mass is 379 g/mol. The summed E-state index contributed by atoms with van der Waals surface area (Å²) in [5, 5.41) is 4.14. The maximum absolute atomic E-state index is 11.7. The quantitative estimate of drug-likeness (QED) is 0.849. The molecule has 112 valence electrons. The van der Waals surface area contributed by atoms with Gasteiger partial charge in [0.15, 0.2) is 9.84 Å². The third-order valence-corrected chi connectivity index (χ3v) is 6.27. The largest absolute Gasteiger partial charge is 0.310 e. The van der Waals surface area contributed by atoms with Gasteiger partial charge in [-0.2, -0.15) is 0 Å². The summed E-state index contributed by atoms with van der Waals surface area (Å²) < 4.78 is 24.4. The third-order valence-electron chi connectivity index (χ3n) is 3.65. The summed E-state index contributed by atoms with van der Waals surface area (Å²) >= 11 is 9.73. The fourth-order valence-electron chi connectivity index (χ4n) is 2.67. The molecule has 1 aromatic rings. The van der Waals surface area contributed by atoms with E-state index in [4.69, 9.17) is 11.6 Å². The van der Waals surface area contributed by atoms with Crippen molar-refractivity contribution in [3.63, 3.8) is 0 Å². The average Bonchev–Trinajstić information content (AvgIpc) is 2.72. The first-order valence-electron chi connectivity index (χ1n) is 6.81. The van der Waals surface area contributed by atoms with Crippen molar-refractivity contribution in [2.24, 2.45) is 5.92 Å². The van der Waals surface area contributed by atoms with Gasteiger partial charge in [-0.25, -0.2) is 8.42 Å². The lowest BCUT2D eigenvalue weighted by Gasteiger charge is -2.25. The van der Waals surface area contributed by atoms with Gasteiger partial charge in [-0.3, -0.25) is 0 Å². The summed E-state index contributed by atoms with van der Waals surface area (Å²) in [6, 6.07) is 5.80. The minimum Gasteiger partial charge on any atom is -0.310 e.